The van der Waals surface area contributed by atoms with Gasteiger partial charge in [0.15, 0.2) is 11.5 Å². The molecule has 0 bridgehead atoms. The Morgan fingerprint density at radius 1 is 1.00 bits per heavy atom. The first kappa shape index (κ1) is 20.4. The first-order valence-electron chi connectivity index (χ1n) is 9.07. The number of hydrogen-bond acceptors (Lipinski definition) is 4. The zero-order valence-corrected chi connectivity index (χ0v) is 16.2. The molecule has 0 aromatic heterocycles. The van der Waals surface area contributed by atoms with Crippen LogP contribution in [0.3, 0.4) is 0 Å². The van der Waals surface area contributed by atoms with Crippen molar-refractivity contribution in [2.75, 3.05) is 19.8 Å². The molecule has 0 unspecified atom stereocenters. The Morgan fingerprint density at radius 2 is 1.74 bits per heavy atom. The monoisotopic (exact) mass is 369 g/mol. The van der Waals surface area contributed by atoms with E-state index in [0.29, 0.717) is 49.2 Å². The first-order valence-corrected chi connectivity index (χ1v) is 9.07. The number of rotatable bonds is 10. The summed E-state index contributed by atoms with van der Waals surface area (Å²) < 4.78 is 16.8. The van der Waals surface area contributed by atoms with Gasteiger partial charge in [0.05, 0.1) is 13.2 Å². The van der Waals surface area contributed by atoms with E-state index in [-0.39, 0.29) is 5.91 Å². The lowest BCUT2D eigenvalue weighted by atomic mass is 10.1. The van der Waals surface area contributed by atoms with Gasteiger partial charge in [0.2, 0.25) is 0 Å². The number of hydrogen-bond donors (Lipinski definition) is 1. The highest BCUT2D eigenvalue weighted by Crippen LogP contribution is 2.28. The fraction of sp³-hybridized carbons (Fsp3) is 0.318. The Hall–Kier alpha value is -2.95. The molecule has 0 saturated carbocycles. The smallest absolute Gasteiger partial charge is 0.251 e. The van der Waals surface area contributed by atoms with Gasteiger partial charge in [0, 0.05) is 12.1 Å². The summed E-state index contributed by atoms with van der Waals surface area (Å²) in [5.74, 6) is 1.87. The Kier molecular flexibility index (Phi) is 7.74. The average molecular weight is 369 g/mol. The Bertz CT molecular complexity index is 786. The molecule has 5 nitrogen and oxygen atoms in total. The maximum Gasteiger partial charge on any atom is 0.251 e. The molecule has 0 radical (unpaired) electrons. The number of benzene rings is 2. The SMILES string of the molecule is C=C(C)COc1cccc(C(=O)NCc2ccc(OCC)c(OCC)c2)c1. The van der Waals surface area contributed by atoms with Gasteiger partial charge in [-0.3, -0.25) is 4.79 Å². The molecule has 1 N–H and O–H groups in total. The molecule has 0 saturated heterocycles. The molecular formula is C22H27NO4. The molecule has 2 aromatic carbocycles. The number of nitrogens with one attached hydrogen (secondary N) is 1. The van der Waals surface area contributed by atoms with Crippen molar-refractivity contribution in [2.45, 2.75) is 27.3 Å². The van der Waals surface area contributed by atoms with Crippen LogP contribution in [-0.2, 0) is 6.54 Å². The Balaban J connectivity index is 2.01. The van der Waals surface area contributed by atoms with Crippen LogP contribution in [0.15, 0.2) is 54.6 Å². The fourth-order valence-electron chi connectivity index (χ4n) is 2.42. The van der Waals surface area contributed by atoms with E-state index in [2.05, 4.69) is 11.9 Å². The van der Waals surface area contributed by atoms with Crippen LogP contribution >= 0.6 is 0 Å². The minimum absolute atomic E-state index is 0.164. The molecule has 0 aliphatic carbocycles. The quantitative estimate of drug-likeness (QED) is 0.632. The maximum absolute atomic E-state index is 12.4. The summed E-state index contributed by atoms with van der Waals surface area (Å²) in [5, 5.41) is 2.92. The summed E-state index contributed by atoms with van der Waals surface area (Å²) in [6, 6.07) is 12.8. The number of amides is 1. The van der Waals surface area contributed by atoms with Gasteiger partial charge in [0.1, 0.15) is 12.4 Å². The van der Waals surface area contributed by atoms with Crippen LogP contribution in [0.25, 0.3) is 0 Å². The van der Waals surface area contributed by atoms with Gasteiger partial charge in [-0.2, -0.15) is 0 Å². The molecule has 1 amide bonds. The lowest BCUT2D eigenvalue weighted by Gasteiger charge is -2.13. The van der Waals surface area contributed by atoms with Crippen molar-refractivity contribution in [3.63, 3.8) is 0 Å². The largest absolute Gasteiger partial charge is 0.490 e. The molecule has 2 aromatic rings. The molecule has 0 atom stereocenters. The second-order valence-electron chi connectivity index (χ2n) is 6.10. The van der Waals surface area contributed by atoms with Crippen molar-refractivity contribution in [3.8, 4) is 17.2 Å². The molecular weight excluding hydrogens is 342 g/mol. The third-order valence-corrected chi connectivity index (χ3v) is 3.64. The van der Waals surface area contributed by atoms with E-state index in [1.807, 2.05) is 45.0 Å². The fourth-order valence-corrected chi connectivity index (χ4v) is 2.42. The number of ether oxygens (including phenoxy) is 3. The minimum atomic E-state index is -0.164. The van der Waals surface area contributed by atoms with Gasteiger partial charge in [-0.05, 0) is 62.2 Å². The van der Waals surface area contributed by atoms with E-state index >= 15 is 0 Å². The van der Waals surface area contributed by atoms with Gasteiger partial charge in [0.25, 0.3) is 5.91 Å². The zero-order chi connectivity index (χ0) is 19.6. The van der Waals surface area contributed by atoms with E-state index in [4.69, 9.17) is 14.2 Å². The molecule has 0 aliphatic heterocycles. The van der Waals surface area contributed by atoms with Crippen molar-refractivity contribution in [1.29, 1.82) is 0 Å². The van der Waals surface area contributed by atoms with Crippen LogP contribution in [0.2, 0.25) is 0 Å². The van der Waals surface area contributed by atoms with E-state index in [1.165, 1.54) is 0 Å². The lowest BCUT2D eigenvalue weighted by molar-refractivity contribution is 0.0950. The van der Waals surface area contributed by atoms with Crippen LogP contribution in [0.4, 0.5) is 0 Å². The van der Waals surface area contributed by atoms with E-state index < -0.39 is 0 Å². The Morgan fingerprint density at radius 3 is 2.44 bits per heavy atom. The molecule has 0 aliphatic rings. The maximum atomic E-state index is 12.4. The van der Waals surface area contributed by atoms with Gasteiger partial charge in [-0.15, -0.1) is 0 Å². The Labute approximate surface area is 161 Å². The van der Waals surface area contributed by atoms with E-state index in [9.17, 15) is 4.79 Å². The summed E-state index contributed by atoms with van der Waals surface area (Å²) in [6.07, 6.45) is 0. The van der Waals surface area contributed by atoms with E-state index in [1.54, 1.807) is 18.2 Å². The summed E-state index contributed by atoms with van der Waals surface area (Å²) in [5.41, 5.74) is 2.40. The highest BCUT2D eigenvalue weighted by molar-refractivity contribution is 5.94. The van der Waals surface area contributed by atoms with Gasteiger partial charge in [-0.1, -0.05) is 18.7 Å². The van der Waals surface area contributed by atoms with Gasteiger partial charge >= 0.3 is 0 Å². The van der Waals surface area contributed by atoms with Crippen molar-refractivity contribution in [3.05, 3.63) is 65.7 Å². The zero-order valence-electron chi connectivity index (χ0n) is 16.2. The third kappa shape index (κ3) is 6.37. The van der Waals surface area contributed by atoms with Crippen LogP contribution < -0.4 is 19.5 Å². The standard InChI is InChI=1S/C22H27NO4/c1-5-25-20-11-10-17(12-21(20)26-6-2)14-23-22(24)18-8-7-9-19(13-18)27-15-16(3)4/h7-13H,3,5-6,14-15H2,1-2,4H3,(H,23,24). The summed E-state index contributed by atoms with van der Waals surface area (Å²) in [7, 11) is 0. The molecule has 2 rings (SSSR count). The highest BCUT2D eigenvalue weighted by Gasteiger charge is 2.09. The highest BCUT2D eigenvalue weighted by atomic mass is 16.5. The topological polar surface area (TPSA) is 56.8 Å². The van der Waals surface area contributed by atoms with Crippen molar-refractivity contribution in [1.82, 2.24) is 5.32 Å². The molecule has 0 fully saturated rings. The minimum Gasteiger partial charge on any atom is -0.490 e. The first-order chi connectivity index (χ1) is 13.0. The summed E-state index contributed by atoms with van der Waals surface area (Å²) in [6.45, 7) is 11.5. The summed E-state index contributed by atoms with van der Waals surface area (Å²) >= 11 is 0. The predicted octanol–water partition coefficient (Wildman–Crippen LogP) is 4.37. The normalized spacial score (nSPS) is 10.2. The third-order valence-electron chi connectivity index (χ3n) is 3.64. The number of carbonyl (C=O) groups excluding carboxylic acids is 1. The molecule has 5 heteroatoms. The van der Waals surface area contributed by atoms with Crippen LogP contribution in [-0.4, -0.2) is 25.7 Å². The predicted molar refractivity (Wildman–Crippen MR) is 107 cm³/mol. The second kappa shape index (κ2) is 10.3. The van der Waals surface area contributed by atoms with Gasteiger partial charge < -0.3 is 19.5 Å². The van der Waals surface area contributed by atoms with Crippen LogP contribution in [0.1, 0.15) is 36.7 Å². The lowest BCUT2D eigenvalue weighted by Crippen LogP contribution is -2.22. The molecule has 27 heavy (non-hydrogen) atoms. The summed E-state index contributed by atoms with van der Waals surface area (Å²) in [4.78, 5) is 12.4. The molecule has 144 valence electrons. The van der Waals surface area contributed by atoms with Crippen LogP contribution in [0, 0.1) is 0 Å². The molecule has 0 spiro atoms. The molecule has 0 heterocycles. The van der Waals surface area contributed by atoms with E-state index in [0.717, 1.165) is 11.1 Å². The van der Waals surface area contributed by atoms with Crippen molar-refractivity contribution >= 4 is 5.91 Å². The number of carbonyl (C=O) groups is 1. The van der Waals surface area contributed by atoms with Crippen molar-refractivity contribution in [2.24, 2.45) is 0 Å². The van der Waals surface area contributed by atoms with Gasteiger partial charge in [-0.25, -0.2) is 0 Å². The average Bonchev–Trinajstić information content (AvgIpc) is 2.67. The second-order valence-corrected chi connectivity index (χ2v) is 6.10. The van der Waals surface area contributed by atoms with Crippen LogP contribution in [0.5, 0.6) is 17.2 Å². The van der Waals surface area contributed by atoms with Crippen molar-refractivity contribution < 1.29 is 19.0 Å².